The minimum absolute atomic E-state index is 0.0513. The molecule has 0 atom stereocenters. The van der Waals surface area contributed by atoms with Gasteiger partial charge in [-0.05, 0) is 64.9 Å². The van der Waals surface area contributed by atoms with Crippen molar-refractivity contribution in [3.8, 4) is 33.4 Å². The first-order valence-corrected chi connectivity index (χ1v) is 18.0. The molecule has 272 valence electrons. The Kier molecular flexibility index (Phi) is 13.0. The summed E-state index contributed by atoms with van der Waals surface area (Å²) >= 11 is 0. The number of aliphatic hydroxyl groups excluding tert-OH is 1. The number of benzene rings is 5. The van der Waals surface area contributed by atoms with E-state index in [4.69, 9.17) is 9.84 Å². The largest absolute Gasteiger partial charge is 0.446 e. The Labute approximate surface area is 310 Å². The van der Waals surface area contributed by atoms with Gasteiger partial charge in [-0.2, -0.15) is 0 Å². The Bertz CT molecular complexity index is 1980. The molecule has 0 unspecified atom stereocenters. The van der Waals surface area contributed by atoms with E-state index in [2.05, 4.69) is 68.6 Å². The molecule has 1 heterocycles. The van der Waals surface area contributed by atoms with Crippen LogP contribution >= 0.6 is 0 Å². The average Bonchev–Trinajstić information content (AvgIpc) is 3.19. The smallest absolute Gasteiger partial charge is 0.411 e. The van der Waals surface area contributed by atoms with Crippen LogP contribution < -0.4 is 21.3 Å². The summed E-state index contributed by atoms with van der Waals surface area (Å²) in [4.78, 5) is 40.6. The summed E-state index contributed by atoms with van der Waals surface area (Å²) in [5.74, 6) is -0.482. The Morgan fingerprint density at radius 2 is 1.34 bits per heavy atom. The molecule has 1 aliphatic heterocycles. The highest BCUT2D eigenvalue weighted by molar-refractivity contribution is 6.02. The maximum absolute atomic E-state index is 13.4. The SMILES string of the molecule is O=C(CNCCO)Nc1cccc(C(=O)NCCN2CCC(OC(=O)Nc3cccc(-c4ccccc4)c3-c3ccccc3-c3ccccc3)CC2)c1. The average molecular weight is 712 g/mol. The molecule has 10 nitrogen and oxygen atoms in total. The van der Waals surface area contributed by atoms with E-state index >= 15 is 0 Å². The lowest BCUT2D eigenvalue weighted by molar-refractivity contribution is -0.115. The van der Waals surface area contributed by atoms with Gasteiger partial charge in [-0.25, -0.2) is 4.79 Å². The second-order valence-corrected chi connectivity index (χ2v) is 12.9. The zero-order valence-corrected chi connectivity index (χ0v) is 29.6. The topological polar surface area (TPSA) is 132 Å². The molecule has 3 amide bonds. The number of anilines is 2. The predicted octanol–water partition coefficient (Wildman–Crippen LogP) is 6.65. The maximum atomic E-state index is 13.4. The Morgan fingerprint density at radius 3 is 2.06 bits per heavy atom. The van der Waals surface area contributed by atoms with Gasteiger partial charge in [0.05, 0.1) is 18.8 Å². The molecule has 0 spiro atoms. The van der Waals surface area contributed by atoms with Crippen LogP contribution in [0.2, 0.25) is 0 Å². The van der Waals surface area contributed by atoms with Crippen molar-refractivity contribution >= 4 is 29.3 Å². The van der Waals surface area contributed by atoms with Crippen LogP contribution in [0.15, 0.2) is 127 Å². The summed E-state index contributed by atoms with van der Waals surface area (Å²) in [6.07, 6.45) is 0.655. The highest BCUT2D eigenvalue weighted by Gasteiger charge is 2.24. The van der Waals surface area contributed by atoms with Crippen molar-refractivity contribution in [3.05, 3.63) is 133 Å². The van der Waals surface area contributed by atoms with Gasteiger partial charge in [0.25, 0.3) is 5.91 Å². The fourth-order valence-corrected chi connectivity index (χ4v) is 6.57. The van der Waals surface area contributed by atoms with Crippen LogP contribution in [-0.2, 0) is 9.53 Å². The number of nitrogens with zero attached hydrogens (tertiary/aromatic N) is 1. The van der Waals surface area contributed by atoms with E-state index in [0.717, 1.165) is 46.5 Å². The number of rotatable bonds is 14. The van der Waals surface area contributed by atoms with E-state index in [1.54, 1.807) is 24.3 Å². The van der Waals surface area contributed by atoms with Crippen molar-refractivity contribution in [3.63, 3.8) is 0 Å². The number of aliphatic hydroxyl groups is 1. The number of likely N-dealkylation sites (tertiary alicyclic amines) is 1. The molecule has 0 aromatic heterocycles. The molecule has 5 N–H and O–H groups in total. The summed E-state index contributed by atoms with van der Waals surface area (Å²) in [6, 6.07) is 41.4. The zero-order chi connectivity index (χ0) is 36.8. The minimum Gasteiger partial charge on any atom is -0.446 e. The van der Waals surface area contributed by atoms with Crippen molar-refractivity contribution in [2.75, 3.05) is 56.5 Å². The van der Waals surface area contributed by atoms with Crippen molar-refractivity contribution in [2.24, 2.45) is 0 Å². The van der Waals surface area contributed by atoms with Crippen molar-refractivity contribution in [1.82, 2.24) is 15.5 Å². The van der Waals surface area contributed by atoms with Crippen LogP contribution in [0.3, 0.4) is 0 Å². The number of carbonyl (C=O) groups is 3. The second-order valence-electron chi connectivity index (χ2n) is 12.9. The molecule has 10 heteroatoms. The monoisotopic (exact) mass is 711 g/mol. The molecule has 1 aliphatic rings. The molecule has 5 aromatic rings. The van der Waals surface area contributed by atoms with Crippen LogP contribution in [0.5, 0.6) is 0 Å². The normalized spacial score (nSPS) is 13.2. The maximum Gasteiger partial charge on any atom is 0.411 e. The fourth-order valence-electron chi connectivity index (χ4n) is 6.57. The van der Waals surface area contributed by atoms with Gasteiger partial charge in [0.2, 0.25) is 5.91 Å². The number of carbonyl (C=O) groups excluding carboxylic acids is 3. The minimum atomic E-state index is -0.487. The van der Waals surface area contributed by atoms with Gasteiger partial charge in [0, 0.05) is 49.5 Å². The van der Waals surface area contributed by atoms with E-state index in [1.807, 2.05) is 60.7 Å². The number of hydrogen-bond acceptors (Lipinski definition) is 7. The summed E-state index contributed by atoms with van der Waals surface area (Å²) in [5.41, 5.74) is 7.80. The Hall–Kier alpha value is -5.81. The van der Waals surface area contributed by atoms with E-state index in [1.165, 1.54) is 0 Å². The lowest BCUT2D eigenvalue weighted by Gasteiger charge is -2.31. The predicted molar refractivity (Wildman–Crippen MR) is 210 cm³/mol. The Balaban J connectivity index is 1.04. The highest BCUT2D eigenvalue weighted by atomic mass is 16.6. The lowest BCUT2D eigenvalue weighted by Crippen LogP contribution is -2.42. The number of amides is 3. The van der Waals surface area contributed by atoms with Gasteiger partial charge in [0.1, 0.15) is 6.10 Å². The van der Waals surface area contributed by atoms with Crippen LogP contribution in [-0.4, -0.2) is 79.9 Å². The molecule has 0 saturated carbocycles. The Morgan fingerprint density at radius 1 is 0.698 bits per heavy atom. The molecular weight excluding hydrogens is 667 g/mol. The summed E-state index contributed by atoms with van der Waals surface area (Å²) in [5, 5.41) is 20.5. The van der Waals surface area contributed by atoms with Crippen molar-refractivity contribution in [2.45, 2.75) is 18.9 Å². The molecule has 6 rings (SSSR count). The van der Waals surface area contributed by atoms with Crippen LogP contribution in [0.1, 0.15) is 23.2 Å². The van der Waals surface area contributed by atoms with Gasteiger partial charge in [-0.1, -0.05) is 103 Å². The first-order chi connectivity index (χ1) is 26.0. The standard InChI is InChI=1S/C43H45N5O5/c49-28-24-44-30-40(50)46-34-16-9-15-33(29-34)42(51)45-23-27-48-25-21-35(22-26-48)53-43(52)47-39-20-10-19-37(32-13-5-2-6-14-32)41(39)38-18-8-7-17-36(38)31-11-3-1-4-12-31/h1-20,29,35,44,49H,21-28,30H2,(H,45,51)(H,46,50)(H,47,52). The van der Waals surface area contributed by atoms with Gasteiger partial charge < -0.3 is 30.7 Å². The van der Waals surface area contributed by atoms with E-state index in [0.29, 0.717) is 49.4 Å². The van der Waals surface area contributed by atoms with E-state index < -0.39 is 6.09 Å². The van der Waals surface area contributed by atoms with E-state index in [-0.39, 0.29) is 31.1 Å². The molecule has 53 heavy (non-hydrogen) atoms. The summed E-state index contributed by atoms with van der Waals surface area (Å²) in [7, 11) is 0. The quantitative estimate of drug-likeness (QED) is 0.0816. The van der Waals surface area contributed by atoms with Gasteiger partial charge >= 0.3 is 6.09 Å². The molecule has 1 fully saturated rings. The molecule has 1 saturated heterocycles. The zero-order valence-electron chi connectivity index (χ0n) is 29.6. The third-order valence-electron chi connectivity index (χ3n) is 9.17. The third kappa shape index (κ3) is 10.2. The second kappa shape index (κ2) is 18.6. The number of piperidine rings is 1. The molecule has 0 radical (unpaired) electrons. The molecule has 5 aromatic carbocycles. The first kappa shape index (κ1) is 37.0. The van der Waals surface area contributed by atoms with Gasteiger partial charge in [0.15, 0.2) is 0 Å². The van der Waals surface area contributed by atoms with Crippen molar-refractivity contribution in [1.29, 1.82) is 0 Å². The van der Waals surface area contributed by atoms with Crippen LogP contribution in [0.4, 0.5) is 16.2 Å². The van der Waals surface area contributed by atoms with Crippen LogP contribution in [0, 0.1) is 0 Å². The van der Waals surface area contributed by atoms with Crippen LogP contribution in [0.25, 0.3) is 33.4 Å². The van der Waals surface area contributed by atoms with Gasteiger partial charge in [-0.3, -0.25) is 14.9 Å². The van der Waals surface area contributed by atoms with Gasteiger partial charge in [-0.15, -0.1) is 0 Å². The highest BCUT2D eigenvalue weighted by Crippen LogP contribution is 2.42. The fraction of sp³-hybridized carbons (Fsp3) is 0.233. The molecular formula is C43H45N5O5. The van der Waals surface area contributed by atoms with Crippen molar-refractivity contribution < 1.29 is 24.2 Å². The lowest BCUT2D eigenvalue weighted by atomic mass is 9.88. The summed E-state index contributed by atoms with van der Waals surface area (Å²) < 4.78 is 5.97. The number of nitrogens with one attached hydrogen (secondary N) is 4. The van der Waals surface area contributed by atoms with E-state index in [9.17, 15) is 14.4 Å². The molecule has 0 bridgehead atoms. The summed E-state index contributed by atoms with van der Waals surface area (Å²) in [6.45, 7) is 2.93. The molecule has 0 aliphatic carbocycles. The first-order valence-electron chi connectivity index (χ1n) is 18.0. The number of ether oxygens (including phenoxy) is 1. The third-order valence-corrected chi connectivity index (χ3v) is 9.17. The number of hydrogen-bond donors (Lipinski definition) is 5.